The van der Waals surface area contributed by atoms with Crippen molar-refractivity contribution >= 4 is 22.8 Å². The van der Waals surface area contributed by atoms with Crippen molar-refractivity contribution in [3.8, 4) is 0 Å². The summed E-state index contributed by atoms with van der Waals surface area (Å²) in [6.07, 6.45) is 1.15. The van der Waals surface area contributed by atoms with Gasteiger partial charge in [0.1, 0.15) is 5.82 Å². The second-order valence-corrected chi connectivity index (χ2v) is 4.87. The number of benzene rings is 1. The third-order valence-corrected chi connectivity index (χ3v) is 3.44. The highest BCUT2D eigenvalue weighted by Crippen LogP contribution is 2.15. The number of aromatic nitrogens is 4. The number of imidazole rings is 1. The van der Waals surface area contributed by atoms with E-state index in [-0.39, 0.29) is 5.82 Å². The van der Waals surface area contributed by atoms with Crippen molar-refractivity contribution in [2.75, 3.05) is 24.2 Å². The number of para-hydroxylation sites is 2. The zero-order valence-electron chi connectivity index (χ0n) is 12.5. The topological polar surface area (TPSA) is 67.7 Å². The molecule has 0 fully saturated rings. The molecule has 0 saturated heterocycles. The molecule has 0 radical (unpaired) electrons. The third-order valence-electron chi connectivity index (χ3n) is 3.44. The van der Waals surface area contributed by atoms with Crippen molar-refractivity contribution < 1.29 is 4.39 Å². The average Bonchev–Trinajstić information content (AvgIpc) is 2.85. The third kappa shape index (κ3) is 2.69. The molecule has 0 saturated carbocycles. The van der Waals surface area contributed by atoms with Gasteiger partial charge in [0.05, 0.1) is 17.2 Å². The Labute approximate surface area is 127 Å². The maximum absolute atomic E-state index is 13.3. The van der Waals surface area contributed by atoms with Crippen LogP contribution in [-0.4, -0.2) is 33.1 Å². The van der Waals surface area contributed by atoms with E-state index in [1.807, 2.05) is 31.2 Å². The SMILES string of the molecule is CNc1nc(NCCn2c(C)nc3ccccc32)ncc1F. The van der Waals surface area contributed by atoms with Gasteiger partial charge >= 0.3 is 0 Å². The first-order valence-electron chi connectivity index (χ1n) is 7.05. The Morgan fingerprint density at radius 1 is 1.23 bits per heavy atom. The van der Waals surface area contributed by atoms with Crippen LogP contribution >= 0.6 is 0 Å². The number of halogens is 1. The highest BCUT2D eigenvalue weighted by atomic mass is 19.1. The highest BCUT2D eigenvalue weighted by Gasteiger charge is 2.07. The second-order valence-electron chi connectivity index (χ2n) is 4.87. The van der Waals surface area contributed by atoms with E-state index in [1.165, 1.54) is 0 Å². The average molecular weight is 300 g/mol. The molecule has 2 aromatic heterocycles. The van der Waals surface area contributed by atoms with E-state index in [0.717, 1.165) is 29.6 Å². The fourth-order valence-corrected chi connectivity index (χ4v) is 2.39. The summed E-state index contributed by atoms with van der Waals surface area (Å²) >= 11 is 0. The van der Waals surface area contributed by atoms with Gasteiger partial charge in [0, 0.05) is 20.1 Å². The van der Waals surface area contributed by atoms with E-state index in [4.69, 9.17) is 0 Å². The first-order chi connectivity index (χ1) is 10.7. The van der Waals surface area contributed by atoms with E-state index >= 15 is 0 Å². The Morgan fingerprint density at radius 3 is 2.86 bits per heavy atom. The summed E-state index contributed by atoms with van der Waals surface area (Å²) in [6.45, 7) is 3.32. The summed E-state index contributed by atoms with van der Waals surface area (Å²) in [5.74, 6) is 1.07. The molecule has 3 rings (SSSR count). The Balaban J connectivity index is 1.71. The molecule has 22 heavy (non-hydrogen) atoms. The van der Waals surface area contributed by atoms with Crippen molar-refractivity contribution in [2.45, 2.75) is 13.5 Å². The minimum atomic E-state index is -0.468. The van der Waals surface area contributed by atoms with E-state index < -0.39 is 5.82 Å². The van der Waals surface area contributed by atoms with E-state index in [1.54, 1.807) is 7.05 Å². The van der Waals surface area contributed by atoms with Gasteiger partial charge in [-0.1, -0.05) is 12.1 Å². The number of hydrogen-bond donors (Lipinski definition) is 2. The normalized spacial score (nSPS) is 10.9. The van der Waals surface area contributed by atoms with Crippen LogP contribution in [0.15, 0.2) is 30.5 Å². The van der Waals surface area contributed by atoms with Crippen LogP contribution in [0.5, 0.6) is 0 Å². The van der Waals surface area contributed by atoms with Crippen LogP contribution in [0, 0.1) is 12.7 Å². The van der Waals surface area contributed by atoms with Crippen LogP contribution in [-0.2, 0) is 6.54 Å². The monoisotopic (exact) mass is 300 g/mol. The quantitative estimate of drug-likeness (QED) is 0.757. The van der Waals surface area contributed by atoms with Crippen LogP contribution in [0.4, 0.5) is 16.2 Å². The van der Waals surface area contributed by atoms with Crippen molar-refractivity contribution in [3.63, 3.8) is 0 Å². The van der Waals surface area contributed by atoms with Crippen LogP contribution in [0.3, 0.4) is 0 Å². The molecule has 0 atom stereocenters. The number of hydrogen-bond acceptors (Lipinski definition) is 5. The number of nitrogens with zero attached hydrogens (tertiary/aromatic N) is 4. The largest absolute Gasteiger partial charge is 0.371 e. The summed E-state index contributed by atoms with van der Waals surface area (Å²) in [4.78, 5) is 12.5. The molecular weight excluding hydrogens is 283 g/mol. The molecule has 2 heterocycles. The summed E-state index contributed by atoms with van der Waals surface area (Å²) in [7, 11) is 1.62. The van der Waals surface area contributed by atoms with Crippen molar-refractivity contribution in [1.29, 1.82) is 0 Å². The molecule has 0 amide bonds. The van der Waals surface area contributed by atoms with Gasteiger partial charge < -0.3 is 15.2 Å². The highest BCUT2D eigenvalue weighted by molar-refractivity contribution is 5.75. The zero-order chi connectivity index (χ0) is 15.5. The molecule has 7 heteroatoms. The Hall–Kier alpha value is -2.70. The van der Waals surface area contributed by atoms with E-state index in [2.05, 4.69) is 30.2 Å². The molecule has 6 nitrogen and oxygen atoms in total. The number of anilines is 2. The standard InChI is InChI=1S/C15H17FN6/c1-10-20-12-5-3-4-6-13(12)22(10)8-7-18-15-19-9-11(16)14(17-2)21-15/h3-6,9H,7-8H2,1-2H3,(H2,17,18,19,21). The van der Waals surface area contributed by atoms with Crippen LogP contribution in [0.25, 0.3) is 11.0 Å². The van der Waals surface area contributed by atoms with Crippen molar-refractivity contribution in [3.05, 3.63) is 42.1 Å². The molecule has 0 aliphatic carbocycles. The summed E-state index contributed by atoms with van der Waals surface area (Å²) in [6, 6.07) is 8.01. The number of fused-ring (bicyclic) bond motifs is 1. The Bertz CT molecular complexity index is 798. The van der Waals surface area contributed by atoms with Gasteiger partial charge in [-0.3, -0.25) is 0 Å². The Morgan fingerprint density at radius 2 is 2.05 bits per heavy atom. The first-order valence-corrected chi connectivity index (χ1v) is 7.05. The van der Waals surface area contributed by atoms with Gasteiger partial charge in [-0.05, 0) is 19.1 Å². The lowest BCUT2D eigenvalue weighted by molar-refractivity contribution is 0.618. The lowest BCUT2D eigenvalue weighted by atomic mass is 10.3. The minimum absolute atomic E-state index is 0.182. The maximum atomic E-state index is 13.3. The predicted molar refractivity (Wildman–Crippen MR) is 84.5 cm³/mol. The molecular formula is C15H17FN6. The molecule has 0 bridgehead atoms. The van der Waals surface area contributed by atoms with E-state index in [0.29, 0.717) is 12.5 Å². The maximum Gasteiger partial charge on any atom is 0.224 e. The molecule has 3 aromatic rings. The molecule has 0 spiro atoms. The molecule has 0 unspecified atom stereocenters. The fraction of sp³-hybridized carbons (Fsp3) is 0.267. The number of nitrogens with one attached hydrogen (secondary N) is 2. The van der Waals surface area contributed by atoms with Gasteiger partial charge in [0.2, 0.25) is 5.95 Å². The summed E-state index contributed by atoms with van der Waals surface area (Å²) < 4.78 is 15.4. The Kier molecular flexibility index (Phi) is 3.86. The lowest BCUT2D eigenvalue weighted by Crippen LogP contribution is -2.14. The van der Waals surface area contributed by atoms with Crippen LogP contribution in [0.1, 0.15) is 5.82 Å². The van der Waals surface area contributed by atoms with Gasteiger partial charge in [-0.25, -0.2) is 14.4 Å². The minimum Gasteiger partial charge on any atom is -0.371 e. The van der Waals surface area contributed by atoms with Crippen molar-refractivity contribution in [1.82, 2.24) is 19.5 Å². The zero-order valence-corrected chi connectivity index (χ0v) is 12.5. The molecule has 0 aliphatic heterocycles. The molecule has 0 aliphatic rings. The smallest absolute Gasteiger partial charge is 0.224 e. The molecule has 1 aromatic carbocycles. The molecule has 2 N–H and O–H groups in total. The predicted octanol–water partition coefficient (Wildman–Crippen LogP) is 2.43. The lowest BCUT2D eigenvalue weighted by Gasteiger charge is -2.09. The second kappa shape index (κ2) is 5.97. The van der Waals surface area contributed by atoms with Crippen molar-refractivity contribution in [2.24, 2.45) is 0 Å². The van der Waals surface area contributed by atoms with Gasteiger partial charge in [-0.2, -0.15) is 4.98 Å². The summed E-state index contributed by atoms with van der Waals surface area (Å²) in [5, 5.41) is 5.79. The van der Waals surface area contributed by atoms with E-state index in [9.17, 15) is 4.39 Å². The first kappa shape index (κ1) is 14.2. The van der Waals surface area contributed by atoms with Crippen LogP contribution in [0.2, 0.25) is 0 Å². The fourth-order valence-electron chi connectivity index (χ4n) is 2.39. The van der Waals surface area contributed by atoms with Gasteiger partial charge in [0.25, 0.3) is 0 Å². The van der Waals surface area contributed by atoms with Gasteiger partial charge in [-0.15, -0.1) is 0 Å². The summed E-state index contributed by atoms with van der Waals surface area (Å²) in [5.41, 5.74) is 2.08. The molecule has 114 valence electrons. The number of rotatable bonds is 5. The van der Waals surface area contributed by atoms with Gasteiger partial charge in [0.15, 0.2) is 11.6 Å². The van der Waals surface area contributed by atoms with Crippen LogP contribution < -0.4 is 10.6 Å². The number of aryl methyl sites for hydroxylation is 1.